The summed E-state index contributed by atoms with van der Waals surface area (Å²) in [4.78, 5) is 15.0. The van der Waals surface area contributed by atoms with Crippen molar-refractivity contribution in [2.75, 3.05) is 13.2 Å². The lowest BCUT2D eigenvalue weighted by Crippen LogP contribution is -2.48. The van der Waals surface area contributed by atoms with Crippen LogP contribution >= 0.6 is 22.9 Å². The Morgan fingerprint density at radius 1 is 1.38 bits per heavy atom. The molecule has 2 aliphatic rings. The first kappa shape index (κ1) is 10.6. The van der Waals surface area contributed by atoms with E-state index in [0.717, 1.165) is 17.7 Å². The second-order valence-corrected chi connectivity index (χ2v) is 5.95. The Morgan fingerprint density at radius 2 is 2.06 bits per heavy atom. The lowest BCUT2D eigenvalue weighted by atomic mass is 10.2. The summed E-state index contributed by atoms with van der Waals surface area (Å²) in [5.74, 6) is 0.118. The number of halogens is 1. The maximum absolute atomic E-state index is 12.3. The van der Waals surface area contributed by atoms with Gasteiger partial charge < -0.3 is 9.64 Å². The molecule has 1 amide bonds. The van der Waals surface area contributed by atoms with Crippen LogP contribution in [0.3, 0.4) is 0 Å². The summed E-state index contributed by atoms with van der Waals surface area (Å²) in [5.41, 5.74) is 0. The zero-order valence-corrected chi connectivity index (χ0v) is 10.3. The van der Waals surface area contributed by atoms with Gasteiger partial charge in [-0.3, -0.25) is 4.79 Å². The van der Waals surface area contributed by atoms with E-state index in [1.165, 1.54) is 11.3 Å². The molecular formula is C11H12ClNO2S. The number of morpholine rings is 1. The molecule has 2 saturated heterocycles. The molecule has 0 saturated carbocycles. The topological polar surface area (TPSA) is 29.5 Å². The second-order valence-electron chi connectivity index (χ2n) is 4.24. The Bertz CT molecular complexity index is 404. The van der Waals surface area contributed by atoms with Gasteiger partial charge in [0.25, 0.3) is 5.91 Å². The van der Waals surface area contributed by atoms with E-state index in [0.29, 0.717) is 17.6 Å². The molecule has 1 aromatic rings. The molecule has 3 nitrogen and oxygen atoms in total. The molecule has 16 heavy (non-hydrogen) atoms. The maximum atomic E-state index is 12.3. The summed E-state index contributed by atoms with van der Waals surface area (Å²) < 4.78 is 6.13. The summed E-state index contributed by atoms with van der Waals surface area (Å²) in [6.07, 6.45) is 2.13. The molecule has 5 heteroatoms. The highest BCUT2D eigenvalue weighted by Gasteiger charge is 2.40. The summed E-state index contributed by atoms with van der Waals surface area (Å²) in [5, 5.41) is 0. The summed E-state index contributed by atoms with van der Waals surface area (Å²) in [7, 11) is 0. The van der Waals surface area contributed by atoms with E-state index in [1.54, 1.807) is 6.07 Å². The first-order chi connectivity index (χ1) is 7.75. The average Bonchev–Trinajstić information content (AvgIpc) is 2.80. The van der Waals surface area contributed by atoms with Crippen LogP contribution in [0.2, 0.25) is 4.34 Å². The third-order valence-corrected chi connectivity index (χ3v) is 4.48. The van der Waals surface area contributed by atoms with E-state index in [4.69, 9.17) is 16.3 Å². The number of hydrogen-bond acceptors (Lipinski definition) is 3. The number of nitrogens with zero attached hydrogens (tertiary/aromatic N) is 1. The predicted molar refractivity (Wildman–Crippen MR) is 63.1 cm³/mol. The van der Waals surface area contributed by atoms with Crippen LogP contribution in [0.15, 0.2) is 12.1 Å². The van der Waals surface area contributed by atoms with Crippen molar-refractivity contribution < 1.29 is 9.53 Å². The van der Waals surface area contributed by atoms with Crippen LogP contribution in [0.5, 0.6) is 0 Å². The number of fused-ring (bicyclic) bond motifs is 2. The Labute approximate surface area is 103 Å². The second kappa shape index (κ2) is 4.02. The van der Waals surface area contributed by atoms with E-state index in [1.807, 2.05) is 11.0 Å². The highest BCUT2D eigenvalue weighted by atomic mass is 35.5. The van der Waals surface area contributed by atoms with Gasteiger partial charge in [0.1, 0.15) is 0 Å². The number of hydrogen-bond donors (Lipinski definition) is 0. The largest absolute Gasteiger partial charge is 0.377 e. The van der Waals surface area contributed by atoms with Crippen LogP contribution < -0.4 is 0 Å². The van der Waals surface area contributed by atoms with Gasteiger partial charge in [0.2, 0.25) is 0 Å². The molecule has 2 aliphatic heterocycles. The zero-order chi connectivity index (χ0) is 11.1. The normalized spacial score (nSPS) is 28.4. The predicted octanol–water partition coefficient (Wildman–Crippen LogP) is 2.40. The molecule has 0 spiro atoms. The average molecular weight is 258 g/mol. The van der Waals surface area contributed by atoms with Crippen molar-refractivity contribution in [1.82, 2.24) is 4.90 Å². The smallest absolute Gasteiger partial charge is 0.264 e. The Hall–Kier alpha value is -0.580. The lowest BCUT2D eigenvalue weighted by Gasteiger charge is -2.34. The van der Waals surface area contributed by atoms with Crippen LogP contribution in [0, 0.1) is 0 Å². The van der Waals surface area contributed by atoms with Crippen molar-refractivity contribution in [3.63, 3.8) is 0 Å². The Kier molecular flexibility index (Phi) is 2.65. The Balaban J connectivity index is 1.85. The number of carbonyl (C=O) groups excluding carboxylic acids is 1. The molecule has 2 unspecified atom stereocenters. The third kappa shape index (κ3) is 1.65. The molecule has 0 aliphatic carbocycles. The van der Waals surface area contributed by atoms with Crippen LogP contribution in [-0.4, -0.2) is 36.1 Å². The number of rotatable bonds is 1. The Morgan fingerprint density at radius 3 is 2.62 bits per heavy atom. The molecule has 2 bridgehead atoms. The van der Waals surface area contributed by atoms with E-state index in [-0.39, 0.29) is 18.0 Å². The number of thiophene rings is 1. The van der Waals surface area contributed by atoms with E-state index < -0.39 is 0 Å². The number of amides is 1. The van der Waals surface area contributed by atoms with E-state index in [9.17, 15) is 4.79 Å². The van der Waals surface area contributed by atoms with Gasteiger partial charge in [0.15, 0.2) is 0 Å². The van der Waals surface area contributed by atoms with Gasteiger partial charge in [0.05, 0.1) is 34.5 Å². The molecule has 2 fully saturated rings. The minimum Gasteiger partial charge on any atom is -0.377 e. The molecule has 86 valence electrons. The van der Waals surface area contributed by atoms with Gasteiger partial charge in [-0.2, -0.15) is 0 Å². The lowest BCUT2D eigenvalue weighted by molar-refractivity contribution is -0.00689. The van der Waals surface area contributed by atoms with Crippen molar-refractivity contribution >= 4 is 28.8 Å². The van der Waals surface area contributed by atoms with Gasteiger partial charge in [0, 0.05) is 0 Å². The fourth-order valence-electron chi connectivity index (χ4n) is 2.52. The maximum Gasteiger partial charge on any atom is 0.264 e. The van der Waals surface area contributed by atoms with Crippen molar-refractivity contribution in [1.29, 1.82) is 0 Å². The highest BCUT2D eigenvalue weighted by molar-refractivity contribution is 7.17. The van der Waals surface area contributed by atoms with E-state index in [2.05, 4.69) is 0 Å². The minimum atomic E-state index is 0.118. The first-order valence-electron chi connectivity index (χ1n) is 5.41. The zero-order valence-electron chi connectivity index (χ0n) is 8.69. The highest BCUT2D eigenvalue weighted by Crippen LogP contribution is 2.32. The summed E-state index contributed by atoms with van der Waals surface area (Å²) >= 11 is 7.21. The minimum absolute atomic E-state index is 0.118. The third-order valence-electron chi connectivity index (χ3n) is 3.26. The summed E-state index contributed by atoms with van der Waals surface area (Å²) in [6.45, 7) is 1.36. The van der Waals surface area contributed by atoms with Gasteiger partial charge in [-0.15, -0.1) is 11.3 Å². The molecule has 0 radical (unpaired) electrons. The van der Waals surface area contributed by atoms with Gasteiger partial charge in [-0.05, 0) is 25.0 Å². The monoisotopic (exact) mass is 257 g/mol. The van der Waals surface area contributed by atoms with E-state index >= 15 is 0 Å². The van der Waals surface area contributed by atoms with Crippen LogP contribution in [0.25, 0.3) is 0 Å². The molecular weight excluding hydrogens is 246 g/mol. The van der Waals surface area contributed by atoms with Crippen LogP contribution in [-0.2, 0) is 4.74 Å². The fraction of sp³-hybridized carbons (Fsp3) is 0.545. The van der Waals surface area contributed by atoms with Crippen molar-refractivity contribution in [2.24, 2.45) is 0 Å². The molecule has 0 N–H and O–H groups in total. The number of carbonyl (C=O) groups is 1. The SMILES string of the molecule is O=C(c1ccc(Cl)s1)N1C2CCC1COC2. The molecule has 2 atom stereocenters. The van der Waals surface area contributed by atoms with Crippen molar-refractivity contribution in [2.45, 2.75) is 24.9 Å². The number of ether oxygens (including phenoxy) is 1. The quantitative estimate of drug-likeness (QED) is 0.773. The standard InChI is InChI=1S/C11H12ClNO2S/c12-10-4-3-9(16-10)11(14)13-7-1-2-8(13)6-15-5-7/h3-4,7-8H,1-2,5-6H2. The van der Waals surface area contributed by atoms with Gasteiger partial charge >= 0.3 is 0 Å². The molecule has 1 aromatic heterocycles. The molecule has 3 rings (SSSR count). The van der Waals surface area contributed by atoms with Crippen LogP contribution in [0.1, 0.15) is 22.5 Å². The first-order valence-corrected chi connectivity index (χ1v) is 6.61. The van der Waals surface area contributed by atoms with Crippen LogP contribution in [0.4, 0.5) is 0 Å². The summed E-state index contributed by atoms with van der Waals surface area (Å²) in [6, 6.07) is 4.13. The fourth-order valence-corrected chi connectivity index (χ4v) is 3.50. The van der Waals surface area contributed by atoms with Crippen molar-refractivity contribution in [3.05, 3.63) is 21.3 Å². The van der Waals surface area contributed by atoms with Gasteiger partial charge in [-0.1, -0.05) is 11.6 Å². The molecule has 3 heterocycles. The molecule has 0 aromatic carbocycles. The van der Waals surface area contributed by atoms with Gasteiger partial charge in [-0.25, -0.2) is 0 Å². The van der Waals surface area contributed by atoms with Crippen molar-refractivity contribution in [3.8, 4) is 0 Å².